The number of nitrogens with one attached hydrogen (secondary N) is 1. The summed E-state index contributed by atoms with van der Waals surface area (Å²) in [6.07, 6.45) is 0. The molecule has 1 heterocycles. The van der Waals surface area contributed by atoms with Crippen molar-refractivity contribution in [3.05, 3.63) is 40.2 Å². The molecule has 0 aliphatic carbocycles. The first-order valence-electron chi connectivity index (χ1n) is 5.30. The van der Waals surface area contributed by atoms with E-state index in [0.717, 1.165) is 11.3 Å². The van der Waals surface area contributed by atoms with Crippen LogP contribution in [0.15, 0.2) is 49.3 Å². The molecule has 0 saturated heterocycles. The Labute approximate surface area is 135 Å². The van der Waals surface area contributed by atoms with Crippen LogP contribution in [0.4, 0.5) is 18.9 Å². The number of rotatable bonds is 4. The smallest absolute Gasteiger partial charge is 0.279 e. The lowest BCUT2D eigenvalue weighted by Crippen LogP contribution is -2.11. The Morgan fingerprint density at radius 1 is 1.10 bits per heavy atom. The zero-order valence-corrected chi connectivity index (χ0v) is 14.1. The van der Waals surface area contributed by atoms with Crippen LogP contribution in [0.5, 0.6) is 0 Å². The summed E-state index contributed by atoms with van der Waals surface area (Å²) in [5.41, 5.74) is -4.17. The Bertz CT molecular complexity index is 726. The van der Waals surface area contributed by atoms with Crippen molar-refractivity contribution in [2.24, 2.45) is 0 Å². The molecule has 0 aliphatic rings. The van der Waals surface area contributed by atoms with Crippen molar-refractivity contribution < 1.29 is 21.6 Å². The van der Waals surface area contributed by atoms with Gasteiger partial charge in [0.2, 0.25) is 0 Å². The predicted octanol–water partition coefficient (Wildman–Crippen LogP) is 4.92. The molecule has 1 N–H and O–H groups in total. The minimum atomic E-state index is -4.37. The average molecular weight is 418 g/mol. The van der Waals surface area contributed by atoms with E-state index in [0.29, 0.717) is 3.79 Å². The minimum Gasteiger partial charge on any atom is -0.279 e. The zero-order chi connectivity index (χ0) is 15.7. The molecule has 0 bridgehead atoms. The highest BCUT2D eigenvalue weighted by Crippen LogP contribution is 2.37. The Kier molecular flexibility index (Phi) is 4.91. The predicted molar refractivity (Wildman–Crippen MR) is 81.2 cm³/mol. The second-order valence-corrected chi connectivity index (χ2v) is 9.25. The van der Waals surface area contributed by atoms with Crippen molar-refractivity contribution >= 4 is 54.7 Å². The van der Waals surface area contributed by atoms with Gasteiger partial charge in [-0.2, -0.15) is 13.2 Å². The van der Waals surface area contributed by atoms with Crippen LogP contribution in [-0.2, 0) is 10.0 Å². The first-order valence-corrected chi connectivity index (χ1v) is 9.21. The lowest BCUT2D eigenvalue weighted by Gasteiger charge is -2.08. The maximum atomic E-state index is 12.2. The van der Waals surface area contributed by atoms with Crippen LogP contribution in [0.25, 0.3) is 0 Å². The summed E-state index contributed by atoms with van der Waals surface area (Å²) in [6.45, 7) is 0. The van der Waals surface area contributed by atoms with Crippen LogP contribution < -0.4 is 4.72 Å². The van der Waals surface area contributed by atoms with Gasteiger partial charge in [0.15, 0.2) is 0 Å². The van der Waals surface area contributed by atoms with E-state index in [-0.39, 0.29) is 26.6 Å². The van der Waals surface area contributed by atoms with Crippen molar-refractivity contribution in [1.82, 2.24) is 0 Å². The van der Waals surface area contributed by atoms with Crippen LogP contribution in [0, 0.1) is 0 Å². The number of anilines is 1. The molecule has 3 nitrogen and oxygen atoms in total. The number of halogens is 4. The lowest BCUT2D eigenvalue weighted by molar-refractivity contribution is -0.0328. The number of benzene rings is 1. The first-order chi connectivity index (χ1) is 9.66. The minimum absolute atomic E-state index is 0.00989. The van der Waals surface area contributed by atoms with Gasteiger partial charge < -0.3 is 0 Å². The number of sulfonamides is 1. The van der Waals surface area contributed by atoms with Gasteiger partial charge in [-0.05, 0) is 64.1 Å². The van der Waals surface area contributed by atoms with Crippen LogP contribution in [0.2, 0.25) is 0 Å². The van der Waals surface area contributed by atoms with Gasteiger partial charge in [-0.3, -0.25) is 4.72 Å². The lowest BCUT2D eigenvalue weighted by atomic mass is 10.3. The van der Waals surface area contributed by atoms with Crippen molar-refractivity contribution in [3.8, 4) is 0 Å². The molecular formula is C11H7BrF3NO2S3. The molecule has 1 aromatic heterocycles. The summed E-state index contributed by atoms with van der Waals surface area (Å²) in [5.74, 6) is 0. The quantitative estimate of drug-likeness (QED) is 0.717. The monoisotopic (exact) mass is 417 g/mol. The molecule has 0 unspecified atom stereocenters. The van der Waals surface area contributed by atoms with E-state index in [1.54, 1.807) is 6.07 Å². The molecule has 0 amide bonds. The fourth-order valence-corrected chi connectivity index (χ4v) is 4.98. The van der Waals surface area contributed by atoms with Gasteiger partial charge in [0.25, 0.3) is 10.0 Å². The molecule has 2 rings (SSSR count). The maximum Gasteiger partial charge on any atom is 0.446 e. The van der Waals surface area contributed by atoms with Gasteiger partial charge in [-0.15, -0.1) is 11.3 Å². The van der Waals surface area contributed by atoms with Crippen molar-refractivity contribution in [2.75, 3.05) is 4.72 Å². The molecule has 2 aromatic rings. The normalized spacial score (nSPS) is 12.4. The highest BCUT2D eigenvalue weighted by atomic mass is 79.9. The Balaban J connectivity index is 2.13. The molecule has 0 atom stereocenters. The van der Waals surface area contributed by atoms with Crippen molar-refractivity contribution in [2.45, 2.75) is 14.6 Å². The number of alkyl halides is 3. The molecule has 0 radical (unpaired) electrons. The van der Waals surface area contributed by atoms with Crippen molar-refractivity contribution in [1.29, 1.82) is 0 Å². The van der Waals surface area contributed by atoms with E-state index in [2.05, 4.69) is 20.7 Å². The molecule has 1 aromatic carbocycles. The largest absolute Gasteiger partial charge is 0.446 e. The molecule has 0 spiro atoms. The Hall–Kier alpha value is -0.710. The Morgan fingerprint density at radius 2 is 1.71 bits per heavy atom. The van der Waals surface area contributed by atoms with E-state index >= 15 is 0 Å². The van der Waals surface area contributed by atoms with Gasteiger partial charge >= 0.3 is 5.51 Å². The van der Waals surface area contributed by atoms with Crippen molar-refractivity contribution in [3.63, 3.8) is 0 Å². The number of hydrogen-bond donors (Lipinski definition) is 1. The third-order valence-electron chi connectivity index (χ3n) is 2.15. The number of thioether (sulfide) groups is 1. The zero-order valence-electron chi connectivity index (χ0n) is 10.0. The summed E-state index contributed by atoms with van der Waals surface area (Å²) in [6, 6.07) is 8.02. The molecule has 0 aliphatic heterocycles. The maximum absolute atomic E-state index is 12.2. The molecule has 10 heteroatoms. The molecule has 0 fully saturated rings. The summed E-state index contributed by atoms with van der Waals surface area (Å²) >= 11 is 3.95. The van der Waals surface area contributed by atoms with E-state index in [1.165, 1.54) is 30.3 Å². The van der Waals surface area contributed by atoms with E-state index in [4.69, 9.17) is 0 Å². The summed E-state index contributed by atoms with van der Waals surface area (Å²) in [7, 11) is -3.73. The molecule has 21 heavy (non-hydrogen) atoms. The van der Waals surface area contributed by atoms with Gasteiger partial charge in [0.1, 0.15) is 4.21 Å². The third kappa shape index (κ3) is 4.90. The topological polar surface area (TPSA) is 46.2 Å². The van der Waals surface area contributed by atoms with E-state index < -0.39 is 15.5 Å². The second-order valence-electron chi connectivity index (χ2n) is 3.74. The molecular weight excluding hydrogens is 411 g/mol. The van der Waals surface area contributed by atoms with Crippen LogP contribution in [0.1, 0.15) is 0 Å². The highest BCUT2D eigenvalue weighted by molar-refractivity contribution is 9.11. The SMILES string of the molecule is O=S(=O)(Nc1ccc(SC(F)(F)F)cc1)c1ccc(Br)s1. The van der Waals surface area contributed by atoms with Crippen LogP contribution in [0.3, 0.4) is 0 Å². The summed E-state index contributed by atoms with van der Waals surface area (Å²) in [4.78, 5) is -0.00989. The average Bonchev–Trinajstić information content (AvgIpc) is 2.77. The third-order valence-corrected chi connectivity index (χ3v) is 6.39. The molecule has 0 saturated carbocycles. The first kappa shape index (κ1) is 16.7. The van der Waals surface area contributed by atoms with Gasteiger partial charge in [0.05, 0.1) is 3.79 Å². The molecule has 114 valence electrons. The van der Waals surface area contributed by atoms with Gasteiger partial charge in [0, 0.05) is 10.6 Å². The summed E-state index contributed by atoms with van der Waals surface area (Å²) in [5, 5.41) is 0. The van der Waals surface area contributed by atoms with E-state index in [9.17, 15) is 21.6 Å². The Morgan fingerprint density at radius 3 is 2.19 bits per heavy atom. The van der Waals surface area contributed by atoms with Crippen LogP contribution >= 0.6 is 39.0 Å². The highest BCUT2D eigenvalue weighted by Gasteiger charge is 2.29. The van der Waals surface area contributed by atoms with E-state index in [1.807, 2.05) is 0 Å². The van der Waals surface area contributed by atoms with Crippen LogP contribution in [-0.4, -0.2) is 13.9 Å². The number of hydrogen-bond acceptors (Lipinski definition) is 4. The standard InChI is InChI=1S/C11H7BrF3NO2S3/c12-9-5-6-10(19-9)21(17,18)16-7-1-3-8(4-2-7)20-11(13,14)15/h1-6,16H. The summed E-state index contributed by atoms with van der Waals surface area (Å²) < 4.78 is 63.7. The second kappa shape index (κ2) is 6.19. The van der Waals surface area contributed by atoms with Gasteiger partial charge in [-0.25, -0.2) is 8.42 Å². The number of thiophene rings is 1. The fourth-order valence-electron chi connectivity index (χ4n) is 1.37. The fraction of sp³-hybridized carbons (Fsp3) is 0.0909. The van der Waals surface area contributed by atoms with Gasteiger partial charge in [-0.1, -0.05) is 0 Å².